The van der Waals surface area contributed by atoms with Crippen molar-refractivity contribution in [1.29, 1.82) is 0 Å². The first-order valence-electron chi connectivity index (χ1n) is 11.6. The van der Waals surface area contributed by atoms with E-state index in [9.17, 15) is 18.0 Å². The van der Waals surface area contributed by atoms with Gasteiger partial charge in [-0.25, -0.2) is 13.2 Å². The second-order valence-electron chi connectivity index (χ2n) is 8.92. The lowest BCUT2D eigenvalue weighted by molar-refractivity contribution is -0.135. The number of benzene rings is 3. The molecule has 3 aromatic carbocycles. The number of sulfonamides is 1. The van der Waals surface area contributed by atoms with Crippen LogP contribution in [0.4, 0.5) is 5.69 Å². The Labute approximate surface area is 205 Å². The molecule has 8 heteroatoms. The number of nitrogens with zero attached hydrogens (tertiary/aromatic N) is 2. The largest absolute Gasteiger partial charge is 0.452 e. The van der Waals surface area contributed by atoms with Crippen LogP contribution in [-0.2, 0) is 38.9 Å². The number of para-hydroxylation sites is 1. The standard InChI is InChI=1S/C27H26N2O5S/c1-19-15-21-8-4-5-12-25(21)29(19)35(32,33)24-11-6-10-22(16-24)27(31)34-18-26(30)28-14-13-20-7-2-3-9-23(20)17-28/h2-12,16,19H,13-15,17-18H2,1H3. The predicted octanol–water partition coefficient (Wildman–Crippen LogP) is 3.57. The Morgan fingerprint density at radius 1 is 0.943 bits per heavy atom. The third kappa shape index (κ3) is 4.41. The van der Waals surface area contributed by atoms with Gasteiger partial charge in [0.1, 0.15) is 0 Å². The zero-order valence-corrected chi connectivity index (χ0v) is 20.2. The molecule has 1 amide bonds. The lowest BCUT2D eigenvalue weighted by atomic mass is 10.00. The molecule has 0 saturated carbocycles. The van der Waals surface area contributed by atoms with Gasteiger partial charge < -0.3 is 9.64 Å². The number of hydrogen-bond acceptors (Lipinski definition) is 5. The number of hydrogen-bond donors (Lipinski definition) is 0. The van der Waals surface area contributed by atoms with Gasteiger partial charge in [-0.15, -0.1) is 0 Å². The van der Waals surface area contributed by atoms with Crippen LogP contribution in [-0.4, -0.2) is 44.4 Å². The van der Waals surface area contributed by atoms with Crippen LogP contribution in [0.15, 0.2) is 77.7 Å². The summed E-state index contributed by atoms with van der Waals surface area (Å²) in [7, 11) is -3.88. The molecule has 5 rings (SSSR count). The maximum Gasteiger partial charge on any atom is 0.338 e. The summed E-state index contributed by atoms with van der Waals surface area (Å²) < 4.78 is 33.6. The Bertz CT molecular complexity index is 1400. The van der Waals surface area contributed by atoms with Gasteiger partial charge in [0.25, 0.3) is 15.9 Å². The van der Waals surface area contributed by atoms with E-state index < -0.39 is 22.6 Å². The molecule has 0 saturated heterocycles. The lowest BCUT2D eigenvalue weighted by Crippen LogP contribution is -2.38. The van der Waals surface area contributed by atoms with E-state index in [-0.39, 0.29) is 22.4 Å². The van der Waals surface area contributed by atoms with Crippen LogP contribution in [0.1, 0.15) is 34.0 Å². The van der Waals surface area contributed by atoms with Gasteiger partial charge in [-0.3, -0.25) is 9.10 Å². The first kappa shape index (κ1) is 23.1. The molecule has 1 unspecified atom stereocenters. The molecule has 0 radical (unpaired) electrons. The van der Waals surface area contributed by atoms with Crippen LogP contribution in [0.25, 0.3) is 0 Å². The minimum Gasteiger partial charge on any atom is -0.452 e. The summed E-state index contributed by atoms with van der Waals surface area (Å²) in [6.45, 7) is 2.52. The van der Waals surface area contributed by atoms with E-state index in [0.717, 1.165) is 17.5 Å². The summed E-state index contributed by atoms with van der Waals surface area (Å²) in [6.07, 6.45) is 1.38. The van der Waals surface area contributed by atoms with Crippen molar-refractivity contribution in [2.24, 2.45) is 0 Å². The van der Waals surface area contributed by atoms with Gasteiger partial charge in [0.15, 0.2) is 6.61 Å². The molecule has 2 aliphatic rings. The SMILES string of the molecule is CC1Cc2ccccc2N1S(=O)(=O)c1cccc(C(=O)OCC(=O)N2CCc3ccccc3C2)c1. The molecule has 0 aliphatic carbocycles. The smallest absolute Gasteiger partial charge is 0.338 e. The summed E-state index contributed by atoms with van der Waals surface area (Å²) >= 11 is 0. The molecule has 180 valence electrons. The maximum atomic E-state index is 13.5. The molecule has 0 N–H and O–H groups in total. The Morgan fingerprint density at radius 3 is 2.46 bits per heavy atom. The number of fused-ring (bicyclic) bond motifs is 2. The van der Waals surface area contributed by atoms with Crippen molar-refractivity contribution < 1.29 is 22.7 Å². The molecule has 3 aromatic rings. The minimum atomic E-state index is -3.88. The van der Waals surface area contributed by atoms with Crippen LogP contribution >= 0.6 is 0 Å². The van der Waals surface area contributed by atoms with E-state index in [1.165, 1.54) is 34.1 Å². The highest BCUT2D eigenvalue weighted by Crippen LogP contribution is 2.36. The van der Waals surface area contributed by atoms with E-state index >= 15 is 0 Å². The van der Waals surface area contributed by atoms with Crippen molar-refractivity contribution in [1.82, 2.24) is 4.90 Å². The summed E-state index contributed by atoms with van der Waals surface area (Å²) in [4.78, 5) is 27.0. The third-order valence-corrected chi connectivity index (χ3v) is 8.51. The Hall–Kier alpha value is -3.65. The van der Waals surface area contributed by atoms with Crippen LogP contribution in [0.5, 0.6) is 0 Å². The van der Waals surface area contributed by atoms with Crippen molar-refractivity contribution in [3.8, 4) is 0 Å². The highest BCUT2D eigenvalue weighted by atomic mass is 32.2. The fourth-order valence-corrected chi connectivity index (χ4v) is 6.55. The molecular weight excluding hydrogens is 464 g/mol. The average Bonchev–Trinajstić information content (AvgIpc) is 3.23. The molecule has 35 heavy (non-hydrogen) atoms. The number of ether oxygens (including phenoxy) is 1. The molecule has 7 nitrogen and oxygen atoms in total. The summed E-state index contributed by atoms with van der Waals surface area (Å²) in [6, 6.07) is 20.9. The van der Waals surface area contributed by atoms with Crippen LogP contribution in [0, 0.1) is 0 Å². The van der Waals surface area contributed by atoms with E-state index in [1.54, 1.807) is 11.0 Å². The van der Waals surface area contributed by atoms with Gasteiger partial charge in [-0.05, 0) is 60.7 Å². The van der Waals surface area contributed by atoms with Gasteiger partial charge in [-0.2, -0.15) is 0 Å². The summed E-state index contributed by atoms with van der Waals surface area (Å²) in [5.74, 6) is -1.01. The quantitative estimate of drug-likeness (QED) is 0.511. The Balaban J connectivity index is 1.28. The van der Waals surface area contributed by atoms with Crippen LogP contribution in [0.3, 0.4) is 0 Å². The topological polar surface area (TPSA) is 84.0 Å². The molecule has 0 aromatic heterocycles. The molecule has 1 atom stereocenters. The van der Waals surface area contributed by atoms with Crippen molar-refractivity contribution >= 4 is 27.6 Å². The van der Waals surface area contributed by atoms with Crippen molar-refractivity contribution in [3.63, 3.8) is 0 Å². The average molecular weight is 491 g/mol. The maximum absolute atomic E-state index is 13.5. The van der Waals surface area contributed by atoms with E-state index in [4.69, 9.17) is 4.74 Å². The number of esters is 1. The van der Waals surface area contributed by atoms with E-state index in [2.05, 4.69) is 6.07 Å². The fraction of sp³-hybridized carbons (Fsp3) is 0.259. The van der Waals surface area contributed by atoms with Gasteiger partial charge in [0.2, 0.25) is 0 Å². The Kier molecular flexibility index (Phi) is 6.06. The van der Waals surface area contributed by atoms with Gasteiger partial charge >= 0.3 is 5.97 Å². The third-order valence-electron chi connectivity index (χ3n) is 6.58. The predicted molar refractivity (Wildman–Crippen MR) is 132 cm³/mol. The number of anilines is 1. The number of carbonyl (C=O) groups excluding carboxylic acids is 2. The second-order valence-corrected chi connectivity index (χ2v) is 10.7. The highest BCUT2D eigenvalue weighted by Gasteiger charge is 2.36. The van der Waals surface area contributed by atoms with Gasteiger partial charge in [0, 0.05) is 19.1 Å². The fourth-order valence-electron chi connectivity index (χ4n) is 4.81. The molecule has 0 bridgehead atoms. The number of amides is 1. The van der Waals surface area contributed by atoms with Crippen molar-refractivity contribution in [2.75, 3.05) is 17.5 Å². The van der Waals surface area contributed by atoms with Gasteiger partial charge in [-0.1, -0.05) is 48.5 Å². The van der Waals surface area contributed by atoms with E-state index in [1.807, 2.05) is 43.3 Å². The highest BCUT2D eigenvalue weighted by molar-refractivity contribution is 7.92. The minimum absolute atomic E-state index is 0.00877. The second kappa shape index (κ2) is 9.19. The number of rotatable bonds is 5. The molecule has 2 aliphatic heterocycles. The first-order valence-corrected chi connectivity index (χ1v) is 13.0. The first-order chi connectivity index (χ1) is 16.8. The van der Waals surface area contributed by atoms with Crippen molar-refractivity contribution in [2.45, 2.75) is 37.2 Å². The lowest BCUT2D eigenvalue weighted by Gasteiger charge is -2.28. The summed E-state index contributed by atoms with van der Waals surface area (Å²) in [5.41, 5.74) is 4.03. The van der Waals surface area contributed by atoms with Gasteiger partial charge in [0.05, 0.1) is 16.1 Å². The zero-order chi connectivity index (χ0) is 24.6. The van der Waals surface area contributed by atoms with Crippen molar-refractivity contribution in [3.05, 3.63) is 95.1 Å². The summed E-state index contributed by atoms with van der Waals surface area (Å²) in [5, 5.41) is 0. The normalized spacial score (nSPS) is 17.0. The molecule has 2 heterocycles. The number of carbonyl (C=O) groups is 2. The monoisotopic (exact) mass is 490 g/mol. The molecular formula is C27H26N2O5S. The van der Waals surface area contributed by atoms with Crippen LogP contribution in [0.2, 0.25) is 0 Å². The van der Waals surface area contributed by atoms with E-state index in [0.29, 0.717) is 25.2 Å². The molecule has 0 spiro atoms. The Morgan fingerprint density at radius 2 is 1.66 bits per heavy atom. The molecule has 0 fully saturated rings. The zero-order valence-electron chi connectivity index (χ0n) is 19.4. The van der Waals surface area contributed by atoms with Crippen LogP contribution < -0.4 is 4.31 Å².